The predicted octanol–water partition coefficient (Wildman–Crippen LogP) is 1.21. The summed E-state index contributed by atoms with van der Waals surface area (Å²) in [6.45, 7) is 8.50. The van der Waals surface area contributed by atoms with Crippen LogP contribution in [-0.4, -0.2) is 97.3 Å². The van der Waals surface area contributed by atoms with E-state index in [2.05, 4.69) is 35.0 Å². The van der Waals surface area contributed by atoms with E-state index in [1.807, 2.05) is 25.5 Å². The second kappa shape index (κ2) is 9.71. The maximum absolute atomic E-state index is 5.62. The van der Waals surface area contributed by atoms with Crippen LogP contribution in [0.25, 0.3) is 0 Å². The molecule has 0 atom stereocenters. The summed E-state index contributed by atoms with van der Waals surface area (Å²) in [5, 5.41) is 3.75. The third-order valence-electron chi connectivity index (χ3n) is 6.67. The molecule has 29 heavy (non-hydrogen) atoms. The van der Waals surface area contributed by atoms with Gasteiger partial charge >= 0.3 is 0 Å². The van der Waals surface area contributed by atoms with Gasteiger partial charge in [-0.05, 0) is 18.9 Å². The number of nitrogens with one attached hydrogen (secondary N) is 1. The number of hydrogen-bond acceptors (Lipinski definition) is 6. The van der Waals surface area contributed by atoms with Crippen LogP contribution < -0.4 is 10.2 Å². The maximum atomic E-state index is 5.62. The molecule has 160 valence electrons. The van der Waals surface area contributed by atoms with Gasteiger partial charge in [0.25, 0.3) is 0 Å². The van der Waals surface area contributed by atoms with Crippen LogP contribution in [0.1, 0.15) is 32.1 Å². The second-order valence-corrected chi connectivity index (χ2v) is 8.31. The highest BCUT2D eigenvalue weighted by molar-refractivity contribution is 5.80. The highest BCUT2D eigenvalue weighted by atomic mass is 16.5. The topological polar surface area (TPSA) is 69.1 Å². The van der Waals surface area contributed by atoms with E-state index in [1.54, 1.807) is 0 Å². The molecule has 0 unspecified atom stereocenters. The largest absolute Gasteiger partial charge is 0.379 e. The van der Waals surface area contributed by atoms with Crippen LogP contribution in [0.4, 0.5) is 5.95 Å². The Bertz CT molecular complexity index is 648. The molecular weight excluding hydrogens is 366 g/mol. The van der Waals surface area contributed by atoms with Crippen LogP contribution in [0.15, 0.2) is 23.5 Å². The van der Waals surface area contributed by atoms with Crippen molar-refractivity contribution in [3.63, 3.8) is 0 Å². The summed E-state index contributed by atoms with van der Waals surface area (Å²) >= 11 is 0. The molecule has 0 spiro atoms. The molecule has 2 aliphatic heterocycles. The first-order chi connectivity index (χ1) is 14.3. The molecule has 0 aromatic carbocycles. The molecule has 3 aliphatic rings. The number of rotatable bonds is 4. The van der Waals surface area contributed by atoms with Crippen molar-refractivity contribution in [1.29, 1.82) is 0 Å². The summed E-state index contributed by atoms with van der Waals surface area (Å²) < 4.78 is 5.62. The smallest absolute Gasteiger partial charge is 0.225 e. The molecule has 1 N–H and O–H groups in total. The molecule has 8 heteroatoms. The summed E-state index contributed by atoms with van der Waals surface area (Å²) in [5.41, 5.74) is 0.248. The number of morpholine rings is 1. The average Bonchev–Trinajstić information content (AvgIpc) is 2.82. The Kier molecular flexibility index (Phi) is 6.82. The second-order valence-electron chi connectivity index (χ2n) is 8.31. The van der Waals surface area contributed by atoms with Gasteiger partial charge in [0.15, 0.2) is 5.96 Å². The van der Waals surface area contributed by atoms with Crippen molar-refractivity contribution in [2.75, 3.05) is 71.0 Å². The van der Waals surface area contributed by atoms with E-state index in [-0.39, 0.29) is 5.54 Å². The number of guanidine groups is 1. The van der Waals surface area contributed by atoms with E-state index in [1.165, 1.54) is 32.1 Å². The normalized spacial score (nSPS) is 23.8. The molecule has 0 amide bonds. The maximum Gasteiger partial charge on any atom is 0.225 e. The molecule has 1 aliphatic carbocycles. The average molecular weight is 402 g/mol. The highest BCUT2D eigenvalue weighted by Gasteiger charge is 2.39. The van der Waals surface area contributed by atoms with Crippen molar-refractivity contribution in [2.24, 2.45) is 4.99 Å². The minimum absolute atomic E-state index is 0.248. The third-order valence-corrected chi connectivity index (χ3v) is 6.67. The fraction of sp³-hybridized carbons (Fsp3) is 0.762. The number of anilines is 1. The van der Waals surface area contributed by atoms with Crippen molar-refractivity contribution in [3.8, 4) is 0 Å². The summed E-state index contributed by atoms with van der Waals surface area (Å²) in [4.78, 5) is 20.7. The zero-order valence-electron chi connectivity index (χ0n) is 17.7. The monoisotopic (exact) mass is 401 g/mol. The Labute approximate surface area is 174 Å². The first-order valence-electron chi connectivity index (χ1n) is 11.1. The molecule has 1 aromatic heterocycles. The Morgan fingerprint density at radius 1 is 1.03 bits per heavy atom. The number of hydrogen-bond donors (Lipinski definition) is 1. The summed E-state index contributed by atoms with van der Waals surface area (Å²) in [6.07, 6.45) is 10.2. The lowest BCUT2D eigenvalue weighted by molar-refractivity contribution is -0.0354. The van der Waals surface area contributed by atoms with Gasteiger partial charge in [-0.1, -0.05) is 19.3 Å². The van der Waals surface area contributed by atoms with E-state index in [0.29, 0.717) is 0 Å². The fourth-order valence-electron chi connectivity index (χ4n) is 5.00. The predicted molar refractivity (Wildman–Crippen MR) is 115 cm³/mol. The van der Waals surface area contributed by atoms with Crippen LogP contribution in [0, 0.1) is 0 Å². The Morgan fingerprint density at radius 3 is 2.38 bits per heavy atom. The van der Waals surface area contributed by atoms with E-state index in [4.69, 9.17) is 4.74 Å². The van der Waals surface area contributed by atoms with Crippen molar-refractivity contribution >= 4 is 11.9 Å². The van der Waals surface area contributed by atoms with Gasteiger partial charge in [0.05, 0.1) is 13.2 Å². The van der Waals surface area contributed by atoms with Gasteiger partial charge in [-0.25, -0.2) is 9.97 Å². The minimum Gasteiger partial charge on any atom is -0.379 e. The lowest BCUT2D eigenvalue weighted by Crippen LogP contribution is -2.61. The van der Waals surface area contributed by atoms with Crippen LogP contribution in [-0.2, 0) is 4.74 Å². The zero-order valence-corrected chi connectivity index (χ0v) is 17.7. The first kappa shape index (κ1) is 20.3. The molecule has 1 aromatic rings. The van der Waals surface area contributed by atoms with Gasteiger partial charge in [0.1, 0.15) is 0 Å². The van der Waals surface area contributed by atoms with Gasteiger partial charge in [-0.3, -0.25) is 9.89 Å². The van der Waals surface area contributed by atoms with Crippen molar-refractivity contribution in [2.45, 2.75) is 37.6 Å². The summed E-state index contributed by atoms with van der Waals surface area (Å²) in [5.74, 6) is 1.85. The standard InChI is InChI=1S/C21H35N7O/c1-22-19(26-10-12-27(13-11-26)20-23-8-5-9-24-20)25-18-21(6-3-2-4-7-21)28-14-16-29-17-15-28/h5,8-9H,2-4,6-7,10-18H2,1H3,(H,22,25). The van der Waals surface area contributed by atoms with Gasteiger partial charge in [-0.2, -0.15) is 0 Å². The fourth-order valence-corrected chi connectivity index (χ4v) is 5.00. The molecule has 1 saturated carbocycles. The lowest BCUT2D eigenvalue weighted by atomic mass is 9.79. The first-order valence-corrected chi connectivity index (χ1v) is 11.1. The zero-order chi connectivity index (χ0) is 19.9. The van der Waals surface area contributed by atoms with Crippen molar-refractivity contribution < 1.29 is 4.74 Å². The number of ether oxygens (including phenoxy) is 1. The van der Waals surface area contributed by atoms with E-state index < -0.39 is 0 Å². The van der Waals surface area contributed by atoms with Gasteiger partial charge < -0.3 is 19.9 Å². The van der Waals surface area contributed by atoms with Crippen LogP contribution >= 0.6 is 0 Å². The van der Waals surface area contributed by atoms with E-state index >= 15 is 0 Å². The summed E-state index contributed by atoms with van der Waals surface area (Å²) in [6, 6.07) is 1.86. The minimum atomic E-state index is 0.248. The van der Waals surface area contributed by atoms with Crippen molar-refractivity contribution in [1.82, 2.24) is 25.1 Å². The molecule has 0 bridgehead atoms. The quantitative estimate of drug-likeness (QED) is 0.601. The lowest BCUT2D eigenvalue weighted by Gasteiger charge is -2.48. The Morgan fingerprint density at radius 2 is 1.72 bits per heavy atom. The van der Waals surface area contributed by atoms with Gasteiger partial charge in [-0.15, -0.1) is 0 Å². The Hall–Kier alpha value is -1.93. The number of nitrogens with zero attached hydrogens (tertiary/aromatic N) is 6. The van der Waals surface area contributed by atoms with Gasteiger partial charge in [0.2, 0.25) is 5.95 Å². The highest BCUT2D eigenvalue weighted by Crippen LogP contribution is 2.34. The number of piperazine rings is 1. The molecule has 2 saturated heterocycles. The SMILES string of the molecule is CN=C(NCC1(N2CCOCC2)CCCCC1)N1CCN(c2ncccn2)CC1. The molecular formula is C21H35N7O. The van der Waals surface area contributed by atoms with Crippen LogP contribution in [0.3, 0.4) is 0 Å². The molecule has 3 heterocycles. The van der Waals surface area contributed by atoms with E-state index in [0.717, 1.165) is 70.9 Å². The molecule has 8 nitrogen and oxygen atoms in total. The van der Waals surface area contributed by atoms with Gasteiger partial charge in [0, 0.05) is 70.8 Å². The molecule has 0 radical (unpaired) electrons. The summed E-state index contributed by atoms with van der Waals surface area (Å²) in [7, 11) is 1.90. The Balaban J connectivity index is 1.35. The van der Waals surface area contributed by atoms with Crippen molar-refractivity contribution in [3.05, 3.63) is 18.5 Å². The number of aromatic nitrogens is 2. The molecule has 4 rings (SSSR count). The van der Waals surface area contributed by atoms with E-state index in [9.17, 15) is 0 Å². The molecule has 3 fully saturated rings. The number of aliphatic imine (C=N–C) groups is 1. The van der Waals surface area contributed by atoms with Crippen LogP contribution in [0.5, 0.6) is 0 Å². The third kappa shape index (κ3) is 4.80. The van der Waals surface area contributed by atoms with Crippen LogP contribution in [0.2, 0.25) is 0 Å².